The number of aldehydes is 1. The third-order valence-corrected chi connectivity index (χ3v) is 2.85. The van der Waals surface area contributed by atoms with Crippen LogP contribution in [0.1, 0.15) is 0 Å². The Labute approximate surface area is 92.7 Å². The van der Waals surface area contributed by atoms with Gasteiger partial charge < -0.3 is 9.69 Å². The van der Waals surface area contributed by atoms with Crippen molar-refractivity contribution in [2.75, 3.05) is 32.1 Å². The van der Waals surface area contributed by atoms with Crippen molar-refractivity contribution in [3.63, 3.8) is 0 Å². The number of hydrogen-bond donors (Lipinski definition) is 0. The molecule has 0 spiro atoms. The van der Waals surface area contributed by atoms with Crippen LogP contribution in [0.4, 0.5) is 0 Å². The number of rotatable bonds is 3. The zero-order valence-corrected chi connectivity index (χ0v) is 9.17. The van der Waals surface area contributed by atoms with Crippen LogP contribution in [-0.2, 0) is 9.59 Å². The van der Waals surface area contributed by atoms with Gasteiger partial charge >= 0.3 is 0 Å². The lowest BCUT2D eigenvalue weighted by Gasteiger charge is -2.35. The summed E-state index contributed by atoms with van der Waals surface area (Å²) in [7, 11) is 0. The quantitative estimate of drug-likeness (QED) is 0.399. The second-order valence-corrected chi connectivity index (χ2v) is 3.77. The van der Waals surface area contributed by atoms with Crippen LogP contribution >= 0.6 is 23.2 Å². The van der Waals surface area contributed by atoms with E-state index in [0.29, 0.717) is 32.5 Å². The van der Waals surface area contributed by atoms with E-state index in [1.165, 1.54) is 0 Å². The first kappa shape index (κ1) is 11.8. The first-order chi connectivity index (χ1) is 6.69. The average Bonchev–Trinajstić information content (AvgIpc) is 2.27. The second kappa shape index (κ2) is 5.53. The van der Waals surface area contributed by atoms with Crippen LogP contribution in [0.25, 0.3) is 0 Å². The number of carbonyl (C=O) groups is 2. The summed E-state index contributed by atoms with van der Waals surface area (Å²) in [5, 5.41) is 0. The molecular weight excluding hydrogens is 227 g/mol. The van der Waals surface area contributed by atoms with Gasteiger partial charge in [-0.3, -0.25) is 9.69 Å². The standard InChI is InChI=1S/C8H12Cl2N2O2/c9-5-8(14)12-3-1-11(2-4-12)7(10)6-13/h6-7H,1-5H2. The van der Waals surface area contributed by atoms with Crippen molar-refractivity contribution in [1.29, 1.82) is 0 Å². The van der Waals surface area contributed by atoms with E-state index in [0.717, 1.165) is 0 Å². The number of hydrogen-bond acceptors (Lipinski definition) is 3. The fraction of sp³-hybridized carbons (Fsp3) is 0.750. The van der Waals surface area contributed by atoms with Crippen LogP contribution < -0.4 is 0 Å². The van der Waals surface area contributed by atoms with Crippen LogP contribution in [-0.4, -0.2) is 59.6 Å². The Morgan fingerprint density at radius 1 is 1.36 bits per heavy atom. The van der Waals surface area contributed by atoms with Crippen molar-refractivity contribution < 1.29 is 9.59 Å². The molecule has 0 N–H and O–H groups in total. The van der Waals surface area contributed by atoms with E-state index in [2.05, 4.69) is 0 Å². The maximum Gasteiger partial charge on any atom is 0.237 e. The molecule has 1 amide bonds. The largest absolute Gasteiger partial charge is 0.339 e. The molecule has 0 radical (unpaired) electrons. The number of halogens is 2. The minimum absolute atomic E-state index is 0.0119. The second-order valence-electron chi connectivity index (χ2n) is 3.06. The maximum absolute atomic E-state index is 11.2. The van der Waals surface area contributed by atoms with E-state index in [1.807, 2.05) is 4.90 Å². The van der Waals surface area contributed by atoms with Gasteiger partial charge in [-0.15, -0.1) is 11.6 Å². The molecule has 0 aliphatic carbocycles. The van der Waals surface area contributed by atoms with E-state index >= 15 is 0 Å². The van der Waals surface area contributed by atoms with Gasteiger partial charge in [-0.25, -0.2) is 0 Å². The molecule has 1 heterocycles. The number of nitrogens with zero attached hydrogens (tertiary/aromatic N) is 2. The molecule has 1 atom stereocenters. The summed E-state index contributed by atoms with van der Waals surface area (Å²) < 4.78 is 0. The molecule has 1 unspecified atom stereocenters. The number of piperazine rings is 1. The molecule has 1 rings (SSSR count). The van der Waals surface area contributed by atoms with Crippen molar-refractivity contribution in [3.8, 4) is 0 Å². The lowest BCUT2D eigenvalue weighted by molar-refractivity contribution is -0.130. The smallest absolute Gasteiger partial charge is 0.237 e. The van der Waals surface area contributed by atoms with E-state index in [-0.39, 0.29) is 11.8 Å². The SMILES string of the molecule is O=CC(Cl)N1CCN(C(=O)CCl)CC1. The van der Waals surface area contributed by atoms with Crippen molar-refractivity contribution >= 4 is 35.4 Å². The van der Waals surface area contributed by atoms with Crippen LogP contribution in [0.3, 0.4) is 0 Å². The number of alkyl halides is 2. The highest BCUT2D eigenvalue weighted by molar-refractivity contribution is 6.27. The molecule has 6 heteroatoms. The van der Waals surface area contributed by atoms with Gasteiger partial charge in [0.1, 0.15) is 11.4 Å². The fourth-order valence-electron chi connectivity index (χ4n) is 1.39. The van der Waals surface area contributed by atoms with Crippen molar-refractivity contribution in [1.82, 2.24) is 9.80 Å². The highest BCUT2D eigenvalue weighted by Gasteiger charge is 2.23. The molecule has 1 saturated heterocycles. The zero-order valence-electron chi connectivity index (χ0n) is 7.66. The molecule has 14 heavy (non-hydrogen) atoms. The topological polar surface area (TPSA) is 40.6 Å². The van der Waals surface area contributed by atoms with Crippen LogP contribution in [0.2, 0.25) is 0 Å². The summed E-state index contributed by atoms with van der Waals surface area (Å²) in [6.45, 7) is 2.41. The Kier molecular flexibility index (Phi) is 4.65. The van der Waals surface area contributed by atoms with Gasteiger partial charge in [0.05, 0.1) is 0 Å². The van der Waals surface area contributed by atoms with E-state index < -0.39 is 5.50 Å². The molecule has 0 saturated carbocycles. The molecule has 1 aliphatic heterocycles. The minimum Gasteiger partial charge on any atom is -0.339 e. The van der Waals surface area contributed by atoms with Gasteiger partial charge in [-0.1, -0.05) is 11.6 Å². The number of carbonyl (C=O) groups excluding carboxylic acids is 2. The first-order valence-corrected chi connectivity index (χ1v) is 5.33. The lowest BCUT2D eigenvalue weighted by Crippen LogP contribution is -2.51. The summed E-state index contributed by atoms with van der Waals surface area (Å²) in [6, 6.07) is 0. The third-order valence-electron chi connectivity index (χ3n) is 2.24. The van der Waals surface area contributed by atoms with Gasteiger partial charge in [0.2, 0.25) is 5.91 Å². The molecular formula is C8H12Cl2N2O2. The average molecular weight is 239 g/mol. The summed E-state index contributed by atoms with van der Waals surface area (Å²) in [6.07, 6.45) is 0.695. The van der Waals surface area contributed by atoms with Gasteiger partial charge in [0, 0.05) is 26.2 Å². The van der Waals surface area contributed by atoms with Crippen LogP contribution in [0.5, 0.6) is 0 Å². The summed E-state index contributed by atoms with van der Waals surface area (Å²) in [4.78, 5) is 25.1. The predicted molar refractivity (Wildman–Crippen MR) is 54.6 cm³/mol. The van der Waals surface area contributed by atoms with Gasteiger partial charge in [-0.05, 0) is 0 Å². The van der Waals surface area contributed by atoms with Gasteiger partial charge in [0.25, 0.3) is 0 Å². The molecule has 4 nitrogen and oxygen atoms in total. The summed E-state index contributed by atoms with van der Waals surface area (Å²) >= 11 is 11.2. The Balaban J connectivity index is 2.38. The van der Waals surface area contributed by atoms with Crippen LogP contribution in [0.15, 0.2) is 0 Å². The van der Waals surface area contributed by atoms with E-state index in [4.69, 9.17) is 23.2 Å². The van der Waals surface area contributed by atoms with Crippen LogP contribution in [0, 0.1) is 0 Å². The summed E-state index contributed by atoms with van der Waals surface area (Å²) in [5.41, 5.74) is -0.580. The molecule has 1 aliphatic rings. The predicted octanol–water partition coefficient (Wildman–Crippen LogP) is 0.133. The molecule has 0 aromatic rings. The van der Waals surface area contributed by atoms with E-state index in [9.17, 15) is 9.59 Å². The molecule has 1 fully saturated rings. The van der Waals surface area contributed by atoms with Crippen molar-refractivity contribution in [3.05, 3.63) is 0 Å². The highest BCUT2D eigenvalue weighted by Crippen LogP contribution is 2.08. The number of amides is 1. The Bertz CT molecular complexity index is 217. The normalized spacial score (nSPS) is 20.6. The minimum atomic E-state index is -0.580. The zero-order chi connectivity index (χ0) is 10.6. The lowest BCUT2D eigenvalue weighted by atomic mass is 10.3. The molecule has 0 bridgehead atoms. The van der Waals surface area contributed by atoms with Gasteiger partial charge in [0.15, 0.2) is 6.29 Å². The summed E-state index contributed by atoms with van der Waals surface area (Å²) in [5.74, 6) is -0.0543. The first-order valence-electron chi connectivity index (χ1n) is 4.36. The molecule has 0 aromatic carbocycles. The Hall–Kier alpha value is -0.320. The highest BCUT2D eigenvalue weighted by atomic mass is 35.5. The van der Waals surface area contributed by atoms with E-state index in [1.54, 1.807) is 4.90 Å². The third kappa shape index (κ3) is 2.83. The molecule has 0 aromatic heterocycles. The maximum atomic E-state index is 11.2. The van der Waals surface area contributed by atoms with Crippen molar-refractivity contribution in [2.45, 2.75) is 5.50 Å². The van der Waals surface area contributed by atoms with Crippen molar-refractivity contribution in [2.24, 2.45) is 0 Å². The monoisotopic (exact) mass is 238 g/mol. The van der Waals surface area contributed by atoms with Gasteiger partial charge in [-0.2, -0.15) is 0 Å². The Morgan fingerprint density at radius 3 is 2.36 bits per heavy atom. The Morgan fingerprint density at radius 2 is 1.93 bits per heavy atom. The molecule has 80 valence electrons. The fourth-order valence-corrected chi connectivity index (χ4v) is 1.75.